The highest BCUT2D eigenvalue weighted by molar-refractivity contribution is 6.00. The van der Waals surface area contributed by atoms with Crippen molar-refractivity contribution in [1.82, 2.24) is 16.0 Å². The van der Waals surface area contributed by atoms with E-state index in [9.17, 15) is 18.4 Å². The average molecular weight is 457 g/mol. The molecule has 1 saturated heterocycles. The van der Waals surface area contributed by atoms with Gasteiger partial charge in [0.15, 0.2) is 17.1 Å². The smallest absolute Gasteiger partial charge is 0.287 e. The van der Waals surface area contributed by atoms with Gasteiger partial charge in [0.2, 0.25) is 5.91 Å². The van der Waals surface area contributed by atoms with E-state index in [1.165, 1.54) is 6.07 Å². The molecule has 174 valence electrons. The fraction of sp³-hybridized carbons (Fsp3) is 0.333. The number of carbonyl (C=O) groups is 2. The van der Waals surface area contributed by atoms with Gasteiger partial charge in [0, 0.05) is 23.6 Å². The number of amides is 2. The Morgan fingerprint density at radius 2 is 1.94 bits per heavy atom. The Morgan fingerprint density at radius 1 is 1.15 bits per heavy atom. The fourth-order valence-corrected chi connectivity index (χ4v) is 3.97. The van der Waals surface area contributed by atoms with Gasteiger partial charge in [-0.25, -0.2) is 8.78 Å². The van der Waals surface area contributed by atoms with Gasteiger partial charge >= 0.3 is 0 Å². The highest BCUT2D eigenvalue weighted by atomic mass is 19.1. The highest BCUT2D eigenvalue weighted by Gasteiger charge is 2.41. The van der Waals surface area contributed by atoms with Gasteiger partial charge in [0.05, 0.1) is 6.61 Å². The van der Waals surface area contributed by atoms with Crippen LogP contribution in [0.4, 0.5) is 8.78 Å². The topological polar surface area (TPSA) is 92.6 Å². The number of halogens is 2. The molecule has 0 radical (unpaired) electrons. The molecule has 1 aliphatic heterocycles. The maximum atomic E-state index is 14.0. The number of para-hydroxylation sites is 1. The summed E-state index contributed by atoms with van der Waals surface area (Å²) in [6.45, 7) is 3.22. The van der Waals surface area contributed by atoms with Crippen molar-refractivity contribution in [1.29, 1.82) is 0 Å². The van der Waals surface area contributed by atoms with Gasteiger partial charge in [-0.05, 0) is 51.1 Å². The van der Waals surface area contributed by atoms with Crippen molar-refractivity contribution in [3.05, 3.63) is 65.4 Å². The second kappa shape index (κ2) is 9.58. The first kappa shape index (κ1) is 22.7. The van der Waals surface area contributed by atoms with Crippen LogP contribution in [0.25, 0.3) is 11.0 Å². The number of piperidine rings is 1. The van der Waals surface area contributed by atoms with Gasteiger partial charge < -0.3 is 25.1 Å². The minimum absolute atomic E-state index is 0.0624. The summed E-state index contributed by atoms with van der Waals surface area (Å²) in [5, 5.41) is 9.40. The van der Waals surface area contributed by atoms with E-state index >= 15 is 0 Å². The van der Waals surface area contributed by atoms with Crippen molar-refractivity contribution in [3.8, 4) is 5.75 Å². The first-order valence-corrected chi connectivity index (χ1v) is 10.8. The molecule has 1 aromatic heterocycles. The van der Waals surface area contributed by atoms with Crippen LogP contribution in [-0.2, 0) is 11.3 Å². The summed E-state index contributed by atoms with van der Waals surface area (Å²) < 4.78 is 38.4. The molecule has 2 heterocycles. The van der Waals surface area contributed by atoms with Crippen LogP contribution < -0.4 is 20.7 Å². The molecule has 0 atom stereocenters. The summed E-state index contributed by atoms with van der Waals surface area (Å²) in [6, 6.07) is 10.2. The highest BCUT2D eigenvalue weighted by Crippen LogP contribution is 2.29. The summed E-state index contributed by atoms with van der Waals surface area (Å²) in [7, 11) is 0. The third-order valence-electron chi connectivity index (χ3n) is 5.73. The molecule has 3 aromatic rings. The SMILES string of the molecule is CCOc1cccc2cc(C(=O)NC3(C(=O)NCc4ccc(F)cc4F)CCNCC3)oc12. The molecule has 3 N–H and O–H groups in total. The van der Waals surface area contributed by atoms with Gasteiger partial charge in [-0.2, -0.15) is 0 Å². The van der Waals surface area contributed by atoms with Crippen LogP contribution in [-0.4, -0.2) is 37.0 Å². The predicted molar refractivity (Wildman–Crippen MR) is 118 cm³/mol. The number of furan rings is 1. The molecule has 0 aliphatic carbocycles. The van der Waals surface area contributed by atoms with Crippen LogP contribution in [0.5, 0.6) is 5.75 Å². The lowest BCUT2D eigenvalue weighted by Gasteiger charge is -2.36. The van der Waals surface area contributed by atoms with E-state index < -0.39 is 29.0 Å². The maximum absolute atomic E-state index is 14.0. The molecule has 2 aromatic carbocycles. The molecule has 2 amide bonds. The van der Waals surface area contributed by atoms with Gasteiger partial charge in [-0.3, -0.25) is 9.59 Å². The molecule has 1 aliphatic rings. The van der Waals surface area contributed by atoms with Crippen molar-refractivity contribution in [3.63, 3.8) is 0 Å². The minimum Gasteiger partial charge on any atom is -0.490 e. The average Bonchev–Trinajstić information content (AvgIpc) is 3.25. The second-order valence-corrected chi connectivity index (χ2v) is 7.92. The lowest BCUT2D eigenvalue weighted by Crippen LogP contribution is -2.62. The monoisotopic (exact) mass is 457 g/mol. The third-order valence-corrected chi connectivity index (χ3v) is 5.73. The predicted octanol–water partition coefficient (Wildman–Crippen LogP) is 3.28. The molecule has 7 nitrogen and oxygen atoms in total. The van der Waals surface area contributed by atoms with E-state index in [0.29, 0.717) is 49.3 Å². The number of benzene rings is 2. The summed E-state index contributed by atoms with van der Waals surface area (Å²) in [4.78, 5) is 26.2. The van der Waals surface area contributed by atoms with Crippen molar-refractivity contribution in [2.45, 2.75) is 31.8 Å². The number of fused-ring (bicyclic) bond motifs is 1. The maximum Gasteiger partial charge on any atom is 0.287 e. The molecule has 0 spiro atoms. The van der Waals surface area contributed by atoms with E-state index in [4.69, 9.17) is 9.15 Å². The van der Waals surface area contributed by atoms with Crippen molar-refractivity contribution >= 4 is 22.8 Å². The van der Waals surface area contributed by atoms with Crippen LogP contribution >= 0.6 is 0 Å². The first-order chi connectivity index (χ1) is 15.9. The molecule has 9 heteroatoms. The standard InChI is InChI=1S/C24H25F2N3O4/c1-2-32-19-5-3-4-15-12-20(33-21(15)19)22(30)29-24(8-10-27-11-9-24)23(31)28-14-16-6-7-17(25)13-18(16)26/h3-7,12-13,27H,2,8-11,14H2,1H3,(H,28,31)(H,29,30). The van der Waals surface area contributed by atoms with E-state index in [1.807, 2.05) is 13.0 Å². The Hall–Kier alpha value is -3.46. The zero-order valence-corrected chi connectivity index (χ0v) is 18.2. The number of ether oxygens (including phenoxy) is 1. The fourth-order valence-electron chi connectivity index (χ4n) is 3.97. The van der Waals surface area contributed by atoms with E-state index in [0.717, 1.165) is 12.1 Å². The Kier molecular flexibility index (Phi) is 6.60. The lowest BCUT2D eigenvalue weighted by molar-refractivity contribution is -0.128. The molecule has 0 unspecified atom stereocenters. The van der Waals surface area contributed by atoms with E-state index in [1.54, 1.807) is 18.2 Å². The van der Waals surface area contributed by atoms with Gasteiger partial charge in [0.1, 0.15) is 17.2 Å². The summed E-state index contributed by atoms with van der Waals surface area (Å²) in [5.74, 6) is -1.81. The molecular weight excluding hydrogens is 432 g/mol. The Balaban J connectivity index is 1.53. The molecule has 0 bridgehead atoms. The summed E-state index contributed by atoms with van der Waals surface area (Å²) in [6.07, 6.45) is 0.696. The number of rotatable bonds is 7. The quantitative estimate of drug-likeness (QED) is 0.507. The Morgan fingerprint density at radius 3 is 2.67 bits per heavy atom. The van der Waals surface area contributed by atoms with Crippen LogP contribution in [0.1, 0.15) is 35.9 Å². The van der Waals surface area contributed by atoms with Crippen molar-refractivity contribution in [2.24, 2.45) is 0 Å². The van der Waals surface area contributed by atoms with Crippen molar-refractivity contribution < 1.29 is 27.5 Å². The number of nitrogens with one attached hydrogen (secondary N) is 3. The molecule has 0 saturated carbocycles. The van der Waals surface area contributed by atoms with Crippen LogP contribution in [0, 0.1) is 11.6 Å². The molecule has 33 heavy (non-hydrogen) atoms. The number of carbonyl (C=O) groups excluding carboxylic acids is 2. The number of hydrogen-bond acceptors (Lipinski definition) is 5. The lowest BCUT2D eigenvalue weighted by atomic mass is 9.87. The van der Waals surface area contributed by atoms with Gasteiger partial charge in [-0.15, -0.1) is 0 Å². The Bertz CT molecular complexity index is 1170. The molecule has 4 rings (SSSR count). The van der Waals surface area contributed by atoms with E-state index in [-0.39, 0.29) is 17.9 Å². The normalized spacial score (nSPS) is 15.2. The third kappa shape index (κ3) is 4.83. The zero-order valence-electron chi connectivity index (χ0n) is 18.2. The van der Waals surface area contributed by atoms with Crippen LogP contribution in [0.15, 0.2) is 46.9 Å². The Labute approximate surface area is 189 Å². The van der Waals surface area contributed by atoms with E-state index in [2.05, 4.69) is 16.0 Å². The minimum atomic E-state index is -1.19. The number of hydrogen-bond donors (Lipinski definition) is 3. The second-order valence-electron chi connectivity index (χ2n) is 7.92. The van der Waals surface area contributed by atoms with Crippen LogP contribution in [0.3, 0.4) is 0 Å². The first-order valence-electron chi connectivity index (χ1n) is 10.8. The van der Waals surface area contributed by atoms with Gasteiger partial charge in [0.25, 0.3) is 5.91 Å². The van der Waals surface area contributed by atoms with Crippen LogP contribution in [0.2, 0.25) is 0 Å². The summed E-state index contributed by atoms with van der Waals surface area (Å²) >= 11 is 0. The van der Waals surface area contributed by atoms with Crippen molar-refractivity contribution in [2.75, 3.05) is 19.7 Å². The largest absolute Gasteiger partial charge is 0.490 e. The van der Waals surface area contributed by atoms with Gasteiger partial charge in [-0.1, -0.05) is 18.2 Å². The molecule has 1 fully saturated rings. The summed E-state index contributed by atoms with van der Waals surface area (Å²) in [5.41, 5.74) is -0.582. The molecular formula is C24H25F2N3O4. The zero-order chi connectivity index (χ0) is 23.4.